The maximum atomic E-state index is 12.2. The highest BCUT2D eigenvalue weighted by molar-refractivity contribution is 9.10. The van der Waals surface area contributed by atoms with Gasteiger partial charge in [-0.15, -0.1) is 0 Å². The van der Waals surface area contributed by atoms with Gasteiger partial charge in [-0.25, -0.2) is 0 Å². The van der Waals surface area contributed by atoms with E-state index in [0.717, 1.165) is 12.8 Å². The minimum atomic E-state index is -2.84. The van der Waals surface area contributed by atoms with E-state index in [1.54, 1.807) is 12.1 Å². The van der Waals surface area contributed by atoms with Crippen molar-refractivity contribution in [1.29, 1.82) is 0 Å². The molecule has 1 aliphatic carbocycles. The number of benzene rings is 1. The Hall–Kier alpha value is -0.840. The van der Waals surface area contributed by atoms with Crippen LogP contribution in [-0.2, 0) is 0 Å². The normalized spacial score (nSPS) is 15.2. The van der Waals surface area contributed by atoms with Gasteiger partial charge in [0.25, 0.3) is 0 Å². The molecule has 2 rings (SSSR count). The van der Waals surface area contributed by atoms with Gasteiger partial charge >= 0.3 is 6.61 Å². The molecule has 0 aromatic heterocycles. The van der Waals surface area contributed by atoms with Crippen molar-refractivity contribution in [1.82, 2.24) is 0 Å². The average Bonchev–Trinajstić information content (AvgIpc) is 2.99. The second-order valence-corrected chi connectivity index (χ2v) is 4.55. The van der Waals surface area contributed by atoms with Crippen LogP contribution in [0, 0.1) is 5.92 Å². The van der Waals surface area contributed by atoms with E-state index in [0.29, 0.717) is 22.7 Å². The van der Waals surface area contributed by atoms with Crippen LogP contribution in [-0.4, -0.2) is 13.2 Å². The first-order valence-corrected chi connectivity index (χ1v) is 5.82. The molecule has 1 fully saturated rings. The van der Waals surface area contributed by atoms with Crippen molar-refractivity contribution in [3.8, 4) is 11.5 Å². The second kappa shape index (κ2) is 4.99. The Morgan fingerprint density at radius 1 is 1.38 bits per heavy atom. The molecule has 0 saturated heterocycles. The van der Waals surface area contributed by atoms with Crippen molar-refractivity contribution in [2.45, 2.75) is 19.5 Å². The number of para-hydroxylation sites is 1. The highest BCUT2D eigenvalue weighted by atomic mass is 79.9. The quantitative estimate of drug-likeness (QED) is 0.821. The van der Waals surface area contributed by atoms with Crippen LogP contribution in [0.2, 0.25) is 0 Å². The van der Waals surface area contributed by atoms with Gasteiger partial charge < -0.3 is 9.47 Å². The number of ether oxygens (including phenoxy) is 2. The highest BCUT2D eigenvalue weighted by Crippen LogP contribution is 2.38. The molecule has 0 unspecified atom stereocenters. The monoisotopic (exact) mass is 292 g/mol. The van der Waals surface area contributed by atoms with E-state index in [2.05, 4.69) is 20.7 Å². The molecule has 88 valence electrons. The first-order chi connectivity index (χ1) is 7.66. The summed E-state index contributed by atoms with van der Waals surface area (Å²) in [5, 5.41) is 0. The van der Waals surface area contributed by atoms with E-state index in [9.17, 15) is 8.78 Å². The maximum Gasteiger partial charge on any atom is 0.387 e. The van der Waals surface area contributed by atoms with Crippen LogP contribution in [0.5, 0.6) is 11.5 Å². The van der Waals surface area contributed by atoms with Crippen LogP contribution in [0.4, 0.5) is 8.78 Å². The molecular weight excluding hydrogens is 282 g/mol. The molecule has 0 aliphatic heterocycles. The summed E-state index contributed by atoms with van der Waals surface area (Å²) >= 11 is 3.26. The van der Waals surface area contributed by atoms with Gasteiger partial charge in [-0.1, -0.05) is 6.07 Å². The van der Waals surface area contributed by atoms with E-state index in [4.69, 9.17) is 4.74 Å². The first-order valence-electron chi connectivity index (χ1n) is 5.03. The maximum absolute atomic E-state index is 12.2. The summed E-state index contributed by atoms with van der Waals surface area (Å²) in [5.41, 5.74) is 0. The van der Waals surface area contributed by atoms with Crippen molar-refractivity contribution in [3.05, 3.63) is 22.7 Å². The molecule has 0 radical (unpaired) electrons. The zero-order valence-corrected chi connectivity index (χ0v) is 10.0. The highest BCUT2D eigenvalue weighted by Gasteiger charge is 2.23. The third-order valence-electron chi connectivity index (χ3n) is 2.31. The lowest BCUT2D eigenvalue weighted by molar-refractivity contribution is -0.0515. The summed E-state index contributed by atoms with van der Waals surface area (Å²) in [6.07, 6.45) is 2.30. The van der Waals surface area contributed by atoms with E-state index in [1.165, 1.54) is 6.07 Å². The Kier molecular flexibility index (Phi) is 3.63. The Morgan fingerprint density at radius 3 is 2.75 bits per heavy atom. The standard InChI is InChI=1S/C11H11BrF2O2/c12-8-2-1-3-9(16-11(13)14)10(8)15-6-7-4-5-7/h1-3,7,11H,4-6H2. The Morgan fingerprint density at radius 2 is 2.12 bits per heavy atom. The van der Waals surface area contributed by atoms with Crippen molar-refractivity contribution in [3.63, 3.8) is 0 Å². The Bertz CT molecular complexity index is 367. The fourth-order valence-corrected chi connectivity index (χ4v) is 1.77. The zero-order valence-electron chi connectivity index (χ0n) is 8.46. The van der Waals surface area contributed by atoms with Gasteiger partial charge in [-0.3, -0.25) is 0 Å². The number of halogens is 3. The molecular formula is C11H11BrF2O2. The number of hydrogen-bond donors (Lipinski definition) is 0. The minimum absolute atomic E-state index is 0.0741. The fraction of sp³-hybridized carbons (Fsp3) is 0.455. The molecule has 0 atom stereocenters. The molecule has 16 heavy (non-hydrogen) atoms. The van der Waals surface area contributed by atoms with E-state index >= 15 is 0 Å². The molecule has 5 heteroatoms. The first kappa shape index (κ1) is 11.6. The molecule has 1 aliphatic rings. The summed E-state index contributed by atoms with van der Waals surface area (Å²) in [6.45, 7) is -2.28. The average molecular weight is 293 g/mol. The summed E-state index contributed by atoms with van der Waals surface area (Å²) in [5.74, 6) is 0.992. The van der Waals surface area contributed by atoms with Gasteiger partial charge in [0.1, 0.15) is 0 Å². The summed E-state index contributed by atoms with van der Waals surface area (Å²) in [6, 6.07) is 4.84. The van der Waals surface area contributed by atoms with Gasteiger partial charge in [-0.2, -0.15) is 8.78 Å². The van der Waals surface area contributed by atoms with Crippen molar-refractivity contribution >= 4 is 15.9 Å². The second-order valence-electron chi connectivity index (χ2n) is 3.70. The van der Waals surface area contributed by atoms with Crippen molar-refractivity contribution < 1.29 is 18.3 Å². The molecule has 0 spiro atoms. The predicted octanol–water partition coefficient (Wildman–Crippen LogP) is 3.84. The number of hydrogen-bond acceptors (Lipinski definition) is 2. The largest absolute Gasteiger partial charge is 0.488 e. The Balaban J connectivity index is 2.10. The summed E-state index contributed by atoms with van der Waals surface area (Å²) in [7, 11) is 0. The van der Waals surface area contributed by atoms with Crippen LogP contribution in [0.1, 0.15) is 12.8 Å². The molecule has 1 aromatic carbocycles. The molecule has 0 N–H and O–H groups in total. The molecule has 0 amide bonds. The summed E-state index contributed by atoms with van der Waals surface area (Å²) in [4.78, 5) is 0. The van der Waals surface area contributed by atoms with Gasteiger partial charge in [-0.05, 0) is 46.8 Å². The van der Waals surface area contributed by atoms with Gasteiger partial charge in [0.05, 0.1) is 11.1 Å². The third kappa shape index (κ3) is 3.07. The van der Waals surface area contributed by atoms with E-state index < -0.39 is 6.61 Å². The molecule has 0 heterocycles. The van der Waals surface area contributed by atoms with Crippen LogP contribution in [0.15, 0.2) is 22.7 Å². The predicted molar refractivity (Wildman–Crippen MR) is 59.0 cm³/mol. The topological polar surface area (TPSA) is 18.5 Å². The zero-order chi connectivity index (χ0) is 11.5. The lowest BCUT2D eigenvalue weighted by Gasteiger charge is -2.13. The SMILES string of the molecule is FC(F)Oc1cccc(Br)c1OCC1CC1. The van der Waals surface area contributed by atoms with Gasteiger partial charge in [0.2, 0.25) is 0 Å². The van der Waals surface area contributed by atoms with Crippen LogP contribution in [0.3, 0.4) is 0 Å². The minimum Gasteiger partial charge on any atom is -0.488 e. The smallest absolute Gasteiger partial charge is 0.387 e. The van der Waals surface area contributed by atoms with Crippen molar-refractivity contribution in [2.75, 3.05) is 6.61 Å². The fourth-order valence-electron chi connectivity index (χ4n) is 1.30. The molecule has 1 saturated carbocycles. The molecule has 0 bridgehead atoms. The Labute approximate surface area is 101 Å². The van der Waals surface area contributed by atoms with Crippen LogP contribution in [0.25, 0.3) is 0 Å². The third-order valence-corrected chi connectivity index (χ3v) is 2.93. The number of rotatable bonds is 5. The van der Waals surface area contributed by atoms with Crippen LogP contribution >= 0.6 is 15.9 Å². The lowest BCUT2D eigenvalue weighted by atomic mass is 10.3. The molecule has 1 aromatic rings. The van der Waals surface area contributed by atoms with E-state index in [-0.39, 0.29) is 5.75 Å². The van der Waals surface area contributed by atoms with E-state index in [1.807, 2.05) is 0 Å². The van der Waals surface area contributed by atoms with Crippen LogP contribution < -0.4 is 9.47 Å². The lowest BCUT2D eigenvalue weighted by Crippen LogP contribution is -2.06. The van der Waals surface area contributed by atoms with Gasteiger partial charge in [0, 0.05) is 0 Å². The van der Waals surface area contributed by atoms with Gasteiger partial charge in [0.15, 0.2) is 11.5 Å². The molecule has 2 nitrogen and oxygen atoms in total. The number of alkyl halides is 2. The summed E-state index contributed by atoms with van der Waals surface area (Å²) < 4.78 is 34.8. The van der Waals surface area contributed by atoms with Crippen molar-refractivity contribution in [2.24, 2.45) is 5.92 Å².